The second kappa shape index (κ2) is 6.46. The summed E-state index contributed by atoms with van der Waals surface area (Å²) in [5.41, 5.74) is 1.83. The van der Waals surface area contributed by atoms with Crippen molar-refractivity contribution in [1.82, 2.24) is 14.5 Å². The van der Waals surface area contributed by atoms with Gasteiger partial charge in [-0.05, 0) is 19.1 Å². The molecular weight excluding hydrogens is 282 g/mol. The minimum Gasteiger partial charge on any atom is -0.465 e. The molecule has 118 valence electrons. The van der Waals surface area contributed by atoms with Gasteiger partial charge in [-0.25, -0.2) is 9.78 Å². The quantitative estimate of drug-likeness (QED) is 0.801. The fourth-order valence-electron chi connectivity index (χ4n) is 2.99. The molecule has 1 saturated heterocycles. The van der Waals surface area contributed by atoms with E-state index < -0.39 is 6.04 Å². The SMILES string of the molecule is CCOC(=O)C(c1cn(C)c2ncccc12)N1CCOCC1. The average molecular weight is 303 g/mol. The monoisotopic (exact) mass is 303 g/mol. The van der Waals surface area contributed by atoms with Crippen molar-refractivity contribution in [2.45, 2.75) is 13.0 Å². The Hall–Kier alpha value is -1.92. The smallest absolute Gasteiger partial charge is 0.328 e. The summed E-state index contributed by atoms with van der Waals surface area (Å²) in [6.45, 7) is 4.93. The molecular formula is C16H21N3O3. The second-order valence-electron chi connectivity index (χ2n) is 5.37. The van der Waals surface area contributed by atoms with E-state index in [1.54, 1.807) is 6.20 Å². The molecule has 0 radical (unpaired) electrons. The molecule has 6 heteroatoms. The van der Waals surface area contributed by atoms with Crippen LogP contribution in [0.5, 0.6) is 0 Å². The fourth-order valence-corrected chi connectivity index (χ4v) is 2.99. The Labute approximate surface area is 129 Å². The number of pyridine rings is 1. The van der Waals surface area contributed by atoms with E-state index in [0.29, 0.717) is 19.8 Å². The zero-order valence-electron chi connectivity index (χ0n) is 13.0. The molecule has 0 bridgehead atoms. The molecule has 1 fully saturated rings. The summed E-state index contributed by atoms with van der Waals surface area (Å²) in [7, 11) is 1.94. The van der Waals surface area contributed by atoms with E-state index in [1.807, 2.05) is 36.9 Å². The lowest BCUT2D eigenvalue weighted by atomic mass is 10.0. The fraction of sp³-hybridized carbons (Fsp3) is 0.500. The van der Waals surface area contributed by atoms with Crippen LogP contribution in [0.15, 0.2) is 24.5 Å². The van der Waals surface area contributed by atoms with E-state index in [2.05, 4.69) is 9.88 Å². The molecule has 22 heavy (non-hydrogen) atoms. The van der Waals surface area contributed by atoms with E-state index in [1.165, 1.54) is 0 Å². The van der Waals surface area contributed by atoms with Crippen LogP contribution >= 0.6 is 0 Å². The summed E-state index contributed by atoms with van der Waals surface area (Å²) in [6.07, 6.45) is 3.74. The lowest BCUT2D eigenvalue weighted by Crippen LogP contribution is -2.42. The topological polar surface area (TPSA) is 56.6 Å². The summed E-state index contributed by atoms with van der Waals surface area (Å²) in [5.74, 6) is -0.208. The van der Waals surface area contributed by atoms with Crippen molar-refractivity contribution in [3.05, 3.63) is 30.1 Å². The average Bonchev–Trinajstić information content (AvgIpc) is 2.86. The van der Waals surface area contributed by atoms with E-state index in [4.69, 9.17) is 9.47 Å². The van der Waals surface area contributed by atoms with Gasteiger partial charge in [0.15, 0.2) is 0 Å². The van der Waals surface area contributed by atoms with Crippen LogP contribution in [-0.4, -0.2) is 53.3 Å². The van der Waals surface area contributed by atoms with Crippen LogP contribution in [0.2, 0.25) is 0 Å². The minimum absolute atomic E-state index is 0.208. The van der Waals surface area contributed by atoms with Crippen molar-refractivity contribution in [1.29, 1.82) is 0 Å². The molecule has 1 aliphatic rings. The molecule has 0 saturated carbocycles. The largest absolute Gasteiger partial charge is 0.465 e. The molecule has 3 rings (SSSR count). The maximum Gasteiger partial charge on any atom is 0.328 e. The van der Waals surface area contributed by atoms with Gasteiger partial charge in [-0.15, -0.1) is 0 Å². The number of aromatic nitrogens is 2. The van der Waals surface area contributed by atoms with E-state index >= 15 is 0 Å². The number of carbonyl (C=O) groups excluding carboxylic acids is 1. The summed E-state index contributed by atoms with van der Waals surface area (Å²) < 4.78 is 12.7. The van der Waals surface area contributed by atoms with Crippen molar-refractivity contribution >= 4 is 17.0 Å². The number of hydrogen-bond donors (Lipinski definition) is 0. The number of rotatable bonds is 4. The summed E-state index contributed by atoms with van der Waals surface area (Å²) >= 11 is 0. The van der Waals surface area contributed by atoms with Crippen LogP contribution < -0.4 is 0 Å². The highest BCUT2D eigenvalue weighted by Crippen LogP contribution is 2.30. The number of ether oxygens (including phenoxy) is 2. The molecule has 0 aromatic carbocycles. The van der Waals surface area contributed by atoms with Crippen molar-refractivity contribution in [2.75, 3.05) is 32.9 Å². The molecule has 0 spiro atoms. The number of aryl methyl sites for hydroxylation is 1. The van der Waals surface area contributed by atoms with Crippen LogP contribution in [0.25, 0.3) is 11.0 Å². The first-order valence-electron chi connectivity index (χ1n) is 7.60. The molecule has 2 aromatic rings. The van der Waals surface area contributed by atoms with Gasteiger partial charge in [0.1, 0.15) is 11.7 Å². The Kier molecular flexibility index (Phi) is 4.40. The third kappa shape index (κ3) is 2.71. The predicted molar refractivity (Wildman–Crippen MR) is 82.5 cm³/mol. The van der Waals surface area contributed by atoms with Gasteiger partial charge in [0.2, 0.25) is 0 Å². The van der Waals surface area contributed by atoms with Gasteiger partial charge in [-0.2, -0.15) is 0 Å². The van der Waals surface area contributed by atoms with Crippen molar-refractivity contribution < 1.29 is 14.3 Å². The normalized spacial score (nSPS) is 17.5. The minimum atomic E-state index is -0.406. The Morgan fingerprint density at radius 1 is 1.45 bits per heavy atom. The second-order valence-corrected chi connectivity index (χ2v) is 5.37. The molecule has 0 amide bonds. The molecule has 6 nitrogen and oxygen atoms in total. The molecule has 1 aliphatic heterocycles. The van der Waals surface area contributed by atoms with Crippen LogP contribution in [-0.2, 0) is 21.3 Å². The Balaban J connectivity index is 2.04. The zero-order chi connectivity index (χ0) is 15.5. The summed E-state index contributed by atoms with van der Waals surface area (Å²) in [4.78, 5) is 19.1. The van der Waals surface area contributed by atoms with Gasteiger partial charge in [0.05, 0.1) is 19.8 Å². The number of morpholine rings is 1. The van der Waals surface area contributed by atoms with Gasteiger partial charge in [0, 0.05) is 43.5 Å². The van der Waals surface area contributed by atoms with Crippen LogP contribution in [0, 0.1) is 0 Å². The maximum atomic E-state index is 12.6. The van der Waals surface area contributed by atoms with Crippen LogP contribution in [0.1, 0.15) is 18.5 Å². The van der Waals surface area contributed by atoms with Gasteiger partial charge < -0.3 is 14.0 Å². The molecule has 3 heterocycles. The van der Waals surface area contributed by atoms with Crippen LogP contribution in [0.3, 0.4) is 0 Å². The van der Waals surface area contributed by atoms with Crippen LogP contribution in [0.4, 0.5) is 0 Å². The number of hydrogen-bond acceptors (Lipinski definition) is 5. The van der Waals surface area contributed by atoms with E-state index in [9.17, 15) is 4.79 Å². The first-order chi connectivity index (χ1) is 10.7. The standard InChI is InChI=1S/C16H21N3O3/c1-3-22-16(20)14(19-7-9-21-10-8-19)13-11-18(2)15-12(13)5-4-6-17-15/h4-6,11,14H,3,7-10H2,1-2H3. The van der Waals surface area contributed by atoms with Gasteiger partial charge in [0.25, 0.3) is 0 Å². The molecule has 1 atom stereocenters. The van der Waals surface area contributed by atoms with Gasteiger partial charge in [-0.1, -0.05) is 0 Å². The highest BCUT2D eigenvalue weighted by atomic mass is 16.5. The maximum absolute atomic E-state index is 12.6. The first kappa shape index (κ1) is 15.0. The lowest BCUT2D eigenvalue weighted by molar-refractivity contribution is -0.151. The van der Waals surface area contributed by atoms with Gasteiger partial charge >= 0.3 is 5.97 Å². The van der Waals surface area contributed by atoms with Crippen molar-refractivity contribution in [2.24, 2.45) is 7.05 Å². The van der Waals surface area contributed by atoms with E-state index in [0.717, 1.165) is 29.7 Å². The molecule has 0 aliphatic carbocycles. The predicted octanol–water partition coefficient (Wildman–Crippen LogP) is 1.51. The number of fused-ring (bicyclic) bond motifs is 1. The molecule has 0 N–H and O–H groups in total. The highest BCUT2D eigenvalue weighted by molar-refractivity contribution is 5.88. The van der Waals surface area contributed by atoms with Gasteiger partial charge in [-0.3, -0.25) is 4.90 Å². The first-order valence-corrected chi connectivity index (χ1v) is 7.60. The number of nitrogens with zero attached hydrogens (tertiary/aromatic N) is 3. The zero-order valence-corrected chi connectivity index (χ0v) is 13.0. The Morgan fingerprint density at radius 3 is 2.95 bits per heavy atom. The molecule has 2 aromatic heterocycles. The van der Waals surface area contributed by atoms with Crippen molar-refractivity contribution in [3.63, 3.8) is 0 Å². The Morgan fingerprint density at radius 2 is 2.23 bits per heavy atom. The lowest BCUT2D eigenvalue weighted by Gasteiger charge is -2.32. The summed E-state index contributed by atoms with van der Waals surface area (Å²) in [6, 6.07) is 3.49. The summed E-state index contributed by atoms with van der Waals surface area (Å²) in [5, 5.41) is 0.995. The Bertz CT molecular complexity index is 662. The van der Waals surface area contributed by atoms with E-state index in [-0.39, 0.29) is 5.97 Å². The number of carbonyl (C=O) groups is 1. The van der Waals surface area contributed by atoms with Crippen molar-refractivity contribution in [3.8, 4) is 0 Å². The third-order valence-corrected chi connectivity index (χ3v) is 3.98. The number of esters is 1. The highest BCUT2D eigenvalue weighted by Gasteiger charge is 2.32. The molecule has 1 unspecified atom stereocenters. The third-order valence-electron chi connectivity index (χ3n) is 3.98.